The minimum atomic E-state index is 0.0945. The molecule has 1 saturated heterocycles. The minimum Gasteiger partial charge on any atom is -0.338 e. The fraction of sp³-hybridized carbons (Fsp3) is 0.368. The van der Waals surface area contributed by atoms with Crippen LogP contribution in [0.3, 0.4) is 0 Å². The van der Waals surface area contributed by atoms with Gasteiger partial charge in [0.15, 0.2) is 0 Å². The maximum absolute atomic E-state index is 12.9. The van der Waals surface area contributed by atoms with Crippen LogP contribution >= 0.6 is 11.6 Å². The predicted octanol–water partition coefficient (Wildman–Crippen LogP) is 2.92. The number of aromatic nitrogens is 1. The monoisotopic (exact) mass is 343 g/mol. The van der Waals surface area contributed by atoms with E-state index >= 15 is 0 Å². The zero-order valence-corrected chi connectivity index (χ0v) is 14.4. The summed E-state index contributed by atoms with van der Waals surface area (Å²) < 4.78 is 0. The second-order valence-corrected chi connectivity index (χ2v) is 6.62. The van der Waals surface area contributed by atoms with Crippen molar-refractivity contribution in [3.63, 3.8) is 0 Å². The molecule has 24 heavy (non-hydrogen) atoms. The van der Waals surface area contributed by atoms with Crippen LogP contribution in [-0.2, 0) is 17.8 Å². The largest absolute Gasteiger partial charge is 0.338 e. The molecule has 0 radical (unpaired) electrons. The molecule has 1 fully saturated rings. The van der Waals surface area contributed by atoms with Gasteiger partial charge in [0.2, 0.25) is 5.91 Å². The number of hydrogen-bond donors (Lipinski definition) is 1. The van der Waals surface area contributed by atoms with Crippen molar-refractivity contribution in [1.82, 2.24) is 15.2 Å². The van der Waals surface area contributed by atoms with Gasteiger partial charge in [0.05, 0.1) is 5.92 Å². The highest BCUT2D eigenvalue weighted by atomic mass is 35.5. The smallest absolute Gasteiger partial charge is 0.227 e. The summed E-state index contributed by atoms with van der Waals surface area (Å²) in [6, 6.07) is 11.8. The van der Waals surface area contributed by atoms with E-state index in [0.717, 1.165) is 36.5 Å². The Bertz CT molecular complexity index is 654. The van der Waals surface area contributed by atoms with Gasteiger partial charge in [-0.3, -0.25) is 9.78 Å². The lowest BCUT2D eigenvalue weighted by molar-refractivity contribution is -0.135. The average molecular weight is 344 g/mol. The number of halogens is 1. The molecule has 1 N–H and O–H groups in total. The Morgan fingerprint density at radius 3 is 2.58 bits per heavy atom. The molecule has 4 nitrogen and oxygen atoms in total. The number of amides is 1. The quantitative estimate of drug-likeness (QED) is 0.877. The third-order valence-electron chi connectivity index (χ3n) is 4.43. The first-order valence-corrected chi connectivity index (χ1v) is 8.73. The van der Waals surface area contributed by atoms with Gasteiger partial charge in [-0.2, -0.15) is 0 Å². The number of rotatable bonds is 6. The van der Waals surface area contributed by atoms with E-state index in [2.05, 4.69) is 10.3 Å². The van der Waals surface area contributed by atoms with Crippen LogP contribution in [0, 0.1) is 5.92 Å². The van der Waals surface area contributed by atoms with Crippen molar-refractivity contribution in [2.75, 3.05) is 19.6 Å². The molecule has 0 aliphatic carbocycles. The molecule has 0 bridgehead atoms. The fourth-order valence-electron chi connectivity index (χ4n) is 3.01. The van der Waals surface area contributed by atoms with Crippen molar-refractivity contribution >= 4 is 17.5 Å². The summed E-state index contributed by atoms with van der Waals surface area (Å²) in [6.45, 7) is 3.05. The summed E-state index contributed by atoms with van der Waals surface area (Å²) >= 11 is 5.94. The van der Waals surface area contributed by atoms with Crippen LogP contribution in [0.4, 0.5) is 0 Å². The lowest BCUT2D eigenvalue weighted by Gasteiger charge is -2.25. The van der Waals surface area contributed by atoms with Crippen LogP contribution in [0.25, 0.3) is 0 Å². The highest BCUT2D eigenvalue weighted by Crippen LogP contribution is 2.16. The molecule has 2 aromatic rings. The summed E-state index contributed by atoms with van der Waals surface area (Å²) in [7, 11) is 0. The topological polar surface area (TPSA) is 45.2 Å². The molecule has 3 rings (SSSR count). The molecular formula is C19H22ClN3O. The number of benzene rings is 1. The van der Waals surface area contributed by atoms with Crippen LogP contribution in [0.1, 0.15) is 17.5 Å². The average Bonchev–Trinajstić information content (AvgIpc) is 3.15. The number of carbonyl (C=O) groups excluding carboxylic acids is 1. The van der Waals surface area contributed by atoms with E-state index < -0.39 is 0 Å². The van der Waals surface area contributed by atoms with Crippen molar-refractivity contribution in [3.05, 3.63) is 64.9 Å². The second-order valence-electron chi connectivity index (χ2n) is 6.18. The summed E-state index contributed by atoms with van der Waals surface area (Å²) in [4.78, 5) is 18.9. The summed E-state index contributed by atoms with van der Waals surface area (Å²) in [5.41, 5.74) is 2.30. The molecule has 2 heterocycles. The third kappa shape index (κ3) is 4.56. The Labute approximate surface area is 147 Å². The fourth-order valence-corrected chi connectivity index (χ4v) is 3.14. The first-order valence-electron chi connectivity index (χ1n) is 8.35. The second kappa shape index (κ2) is 8.27. The normalized spacial score (nSPS) is 17.0. The maximum atomic E-state index is 12.9. The number of pyridine rings is 1. The Hall–Kier alpha value is -1.91. The summed E-state index contributed by atoms with van der Waals surface area (Å²) in [5.74, 6) is 0.336. The zero-order chi connectivity index (χ0) is 16.8. The van der Waals surface area contributed by atoms with Crippen molar-refractivity contribution < 1.29 is 4.79 Å². The predicted molar refractivity (Wildman–Crippen MR) is 95.8 cm³/mol. The third-order valence-corrected chi connectivity index (χ3v) is 4.68. The van der Waals surface area contributed by atoms with E-state index in [9.17, 15) is 4.79 Å². The molecule has 5 heteroatoms. The van der Waals surface area contributed by atoms with Crippen molar-refractivity contribution in [2.24, 2.45) is 5.92 Å². The molecule has 1 aromatic carbocycles. The summed E-state index contributed by atoms with van der Waals surface area (Å²) in [6.07, 6.45) is 5.30. The Kier molecular flexibility index (Phi) is 5.83. The Morgan fingerprint density at radius 1 is 1.17 bits per heavy atom. The molecule has 1 aliphatic rings. The lowest BCUT2D eigenvalue weighted by atomic mass is 10.1. The molecule has 1 amide bonds. The van der Waals surface area contributed by atoms with Gasteiger partial charge in [0, 0.05) is 37.1 Å². The summed E-state index contributed by atoms with van der Waals surface area (Å²) in [5, 5.41) is 4.02. The minimum absolute atomic E-state index is 0.0945. The van der Waals surface area contributed by atoms with E-state index in [-0.39, 0.29) is 11.8 Å². The van der Waals surface area contributed by atoms with Crippen molar-refractivity contribution in [1.29, 1.82) is 0 Å². The van der Waals surface area contributed by atoms with Gasteiger partial charge < -0.3 is 10.2 Å². The first-order chi connectivity index (χ1) is 11.7. The van der Waals surface area contributed by atoms with Crippen molar-refractivity contribution in [3.8, 4) is 0 Å². The van der Waals surface area contributed by atoms with E-state index in [4.69, 9.17) is 11.6 Å². The number of nitrogens with one attached hydrogen (secondary N) is 1. The SMILES string of the molecule is O=C(C1CCNC1)N(CCc1ccc(Cl)cc1)Cc1ccncc1. The molecule has 1 unspecified atom stereocenters. The van der Waals surface area contributed by atoms with Crippen LogP contribution in [0.5, 0.6) is 0 Å². The highest BCUT2D eigenvalue weighted by Gasteiger charge is 2.27. The Morgan fingerprint density at radius 2 is 1.92 bits per heavy atom. The molecule has 1 aliphatic heterocycles. The lowest BCUT2D eigenvalue weighted by Crippen LogP contribution is -2.38. The van der Waals surface area contributed by atoms with E-state index in [1.807, 2.05) is 41.3 Å². The number of hydrogen-bond acceptors (Lipinski definition) is 3. The van der Waals surface area contributed by atoms with Gasteiger partial charge in [0.1, 0.15) is 0 Å². The van der Waals surface area contributed by atoms with E-state index in [0.29, 0.717) is 13.1 Å². The van der Waals surface area contributed by atoms with Gasteiger partial charge in [-0.25, -0.2) is 0 Å². The zero-order valence-electron chi connectivity index (χ0n) is 13.6. The molecule has 126 valence electrons. The maximum Gasteiger partial charge on any atom is 0.227 e. The van der Waals surface area contributed by atoms with Crippen LogP contribution < -0.4 is 5.32 Å². The van der Waals surface area contributed by atoms with Gasteiger partial charge >= 0.3 is 0 Å². The first kappa shape index (κ1) is 16.9. The molecular weight excluding hydrogens is 322 g/mol. The molecule has 0 saturated carbocycles. The molecule has 1 aromatic heterocycles. The van der Waals surface area contributed by atoms with E-state index in [1.54, 1.807) is 12.4 Å². The van der Waals surface area contributed by atoms with Crippen LogP contribution in [0.15, 0.2) is 48.8 Å². The van der Waals surface area contributed by atoms with Crippen molar-refractivity contribution in [2.45, 2.75) is 19.4 Å². The van der Waals surface area contributed by atoms with Gasteiger partial charge in [-0.1, -0.05) is 23.7 Å². The number of carbonyl (C=O) groups is 1. The number of nitrogens with zero attached hydrogens (tertiary/aromatic N) is 2. The highest BCUT2D eigenvalue weighted by molar-refractivity contribution is 6.30. The molecule has 0 spiro atoms. The standard InChI is InChI=1S/C19H22ClN3O/c20-18-3-1-15(2-4-18)8-12-23(14-16-5-9-21-10-6-16)19(24)17-7-11-22-13-17/h1-6,9-10,17,22H,7-8,11-14H2. The van der Waals surface area contributed by atoms with Gasteiger partial charge in [-0.15, -0.1) is 0 Å². The van der Waals surface area contributed by atoms with E-state index in [1.165, 1.54) is 5.56 Å². The molecule has 1 atom stereocenters. The van der Waals surface area contributed by atoms with Gasteiger partial charge in [0.25, 0.3) is 0 Å². The van der Waals surface area contributed by atoms with Gasteiger partial charge in [-0.05, 0) is 54.8 Å². The van der Waals surface area contributed by atoms with Crippen LogP contribution in [-0.4, -0.2) is 35.4 Å². The van der Waals surface area contributed by atoms with Crippen LogP contribution in [0.2, 0.25) is 5.02 Å². The Balaban J connectivity index is 1.68.